The molecule has 156 valence electrons. The maximum absolute atomic E-state index is 13.9. The van der Waals surface area contributed by atoms with Crippen molar-refractivity contribution in [2.75, 3.05) is 0 Å². The van der Waals surface area contributed by atoms with Gasteiger partial charge in [-0.05, 0) is 44.9 Å². The second-order valence-electron chi connectivity index (χ2n) is 7.82. The summed E-state index contributed by atoms with van der Waals surface area (Å²) < 4.78 is 43.2. The average molecular weight is 428 g/mol. The van der Waals surface area contributed by atoms with Crippen molar-refractivity contribution in [2.45, 2.75) is 56.5 Å². The summed E-state index contributed by atoms with van der Waals surface area (Å²) in [5.74, 6) is -0.171. The monoisotopic (exact) mass is 427 g/mol. The van der Waals surface area contributed by atoms with E-state index in [1.807, 2.05) is 4.57 Å². The molecule has 0 radical (unpaired) electrons. The Hall–Kier alpha value is -2.83. The fourth-order valence-corrected chi connectivity index (χ4v) is 5.26. The van der Waals surface area contributed by atoms with Crippen LogP contribution in [0.4, 0.5) is 4.39 Å². The molecule has 1 fully saturated rings. The Balaban J connectivity index is 1.90. The van der Waals surface area contributed by atoms with Crippen LogP contribution in [0.3, 0.4) is 0 Å². The van der Waals surface area contributed by atoms with Crippen LogP contribution < -0.4 is 4.72 Å². The number of nitrogens with zero attached hydrogens (tertiary/aromatic N) is 4. The maximum atomic E-state index is 13.9. The zero-order chi connectivity index (χ0) is 21.5. The molecule has 1 aromatic carbocycles. The normalized spacial score (nSPS) is 15.2. The van der Waals surface area contributed by atoms with Gasteiger partial charge in [-0.25, -0.2) is 27.5 Å². The highest BCUT2D eigenvalue weighted by Crippen LogP contribution is 2.40. The minimum atomic E-state index is -3.73. The molecule has 0 saturated heterocycles. The van der Waals surface area contributed by atoms with Crippen LogP contribution in [0.1, 0.15) is 51.1 Å². The number of benzene rings is 1. The van der Waals surface area contributed by atoms with Gasteiger partial charge in [0.1, 0.15) is 22.5 Å². The van der Waals surface area contributed by atoms with Crippen LogP contribution in [-0.2, 0) is 10.0 Å². The molecule has 2 heterocycles. The minimum absolute atomic E-state index is 0.0481. The molecule has 3 aromatic rings. The average Bonchev–Trinajstić information content (AvgIpc) is 3.32. The third-order valence-corrected chi connectivity index (χ3v) is 6.92. The van der Waals surface area contributed by atoms with Gasteiger partial charge >= 0.3 is 0 Å². The Kier molecular flexibility index (Phi) is 5.30. The van der Waals surface area contributed by atoms with Gasteiger partial charge in [0.25, 0.3) is 0 Å². The van der Waals surface area contributed by atoms with Gasteiger partial charge in [-0.3, -0.25) is 0 Å². The predicted molar refractivity (Wildman–Crippen MR) is 111 cm³/mol. The Morgan fingerprint density at radius 2 is 1.90 bits per heavy atom. The van der Waals surface area contributed by atoms with Crippen molar-refractivity contribution in [2.24, 2.45) is 0 Å². The fourth-order valence-electron chi connectivity index (χ4n) is 4.12. The summed E-state index contributed by atoms with van der Waals surface area (Å²) in [5, 5.41) is 10.4. The number of aromatic nitrogens is 3. The Bertz CT molecular complexity index is 1240. The number of nitriles is 1. The largest absolute Gasteiger partial charge is 0.334 e. The van der Waals surface area contributed by atoms with Gasteiger partial charge in [0.15, 0.2) is 5.82 Å². The number of fused-ring (bicyclic) bond motifs is 1. The lowest BCUT2D eigenvalue weighted by Crippen LogP contribution is -2.30. The van der Waals surface area contributed by atoms with Crippen molar-refractivity contribution in [3.05, 3.63) is 42.0 Å². The van der Waals surface area contributed by atoms with Gasteiger partial charge in [0.2, 0.25) is 10.0 Å². The lowest BCUT2D eigenvalue weighted by molar-refractivity contribution is 0.538. The molecule has 7 nitrogen and oxygen atoms in total. The number of hydrogen-bond acceptors (Lipinski definition) is 5. The molecule has 0 aliphatic heterocycles. The van der Waals surface area contributed by atoms with Crippen molar-refractivity contribution in [1.29, 1.82) is 5.26 Å². The molecule has 2 aromatic heterocycles. The van der Waals surface area contributed by atoms with Crippen LogP contribution in [0.25, 0.3) is 22.4 Å². The van der Waals surface area contributed by atoms with E-state index in [1.54, 1.807) is 19.9 Å². The van der Waals surface area contributed by atoms with Gasteiger partial charge in [-0.1, -0.05) is 12.8 Å². The zero-order valence-corrected chi connectivity index (χ0v) is 17.6. The van der Waals surface area contributed by atoms with E-state index >= 15 is 0 Å². The van der Waals surface area contributed by atoms with E-state index in [0.29, 0.717) is 16.6 Å². The van der Waals surface area contributed by atoms with Gasteiger partial charge in [0, 0.05) is 17.5 Å². The smallest absolute Gasteiger partial charge is 0.243 e. The van der Waals surface area contributed by atoms with Crippen LogP contribution in [0.2, 0.25) is 0 Å². The minimum Gasteiger partial charge on any atom is -0.334 e. The molecule has 0 amide bonds. The van der Waals surface area contributed by atoms with Gasteiger partial charge in [-0.2, -0.15) is 5.26 Å². The number of halogens is 1. The zero-order valence-electron chi connectivity index (χ0n) is 16.8. The standard InChI is InChI=1S/C21H22FN5O2S/c1-13(2)26-30(28,29)16-11-24-21(25-12-16)20-18(10-23)17-9-14(22)7-8-19(17)27(20)15-5-3-4-6-15/h7-9,11-13,15,26H,3-6H2,1-2H3. The quantitative estimate of drug-likeness (QED) is 0.665. The molecule has 1 saturated carbocycles. The first-order chi connectivity index (χ1) is 14.3. The molecular weight excluding hydrogens is 405 g/mol. The van der Waals surface area contributed by atoms with Gasteiger partial charge in [-0.15, -0.1) is 0 Å². The van der Waals surface area contributed by atoms with Gasteiger partial charge in [0.05, 0.1) is 23.5 Å². The van der Waals surface area contributed by atoms with E-state index in [-0.39, 0.29) is 22.8 Å². The lowest BCUT2D eigenvalue weighted by Gasteiger charge is -2.17. The first-order valence-corrected chi connectivity index (χ1v) is 11.4. The molecule has 0 atom stereocenters. The molecule has 1 N–H and O–H groups in total. The highest BCUT2D eigenvalue weighted by atomic mass is 32.2. The third-order valence-electron chi connectivity index (χ3n) is 5.31. The molecule has 0 bridgehead atoms. The van der Waals surface area contributed by atoms with E-state index in [1.165, 1.54) is 24.5 Å². The molecule has 0 unspecified atom stereocenters. The SMILES string of the molecule is CC(C)NS(=O)(=O)c1cnc(-c2c(C#N)c3cc(F)ccc3n2C2CCCC2)nc1. The summed E-state index contributed by atoms with van der Waals surface area (Å²) in [7, 11) is -3.73. The topological polar surface area (TPSA) is 101 Å². The highest BCUT2D eigenvalue weighted by Gasteiger charge is 2.28. The highest BCUT2D eigenvalue weighted by molar-refractivity contribution is 7.89. The second kappa shape index (κ2) is 7.78. The summed E-state index contributed by atoms with van der Waals surface area (Å²) in [6.07, 6.45) is 6.53. The van der Waals surface area contributed by atoms with Crippen LogP contribution >= 0.6 is 0 Å². The second-order valence-corrected chi connectivity index (χ2v) is 9.54. The van der Waals surface area contributed by atoms with Crippen molar-refractivity contribution in [3.63, 3.8) is 0 Å². The Morgan fingerprint density at radius 3 is 2.50 bits per heavy atom. The van der Waals surface area contributed by atoms with Crippen molar-refractivity contribution in [1.82, 2.24) is 19.3 Å². The fraction of sp³-hybridized carbons (Fsp3) is 0.381. The Morgan fingerprint density at radius 1 is 1.23 bits per heavy atom. The van der Waals surface area contributed by atoms with E-state index in [2.05, 4.69) is 20.8 Å². The molecule has 1 aliphatic carbocycles. The molecule has 9 heteroatoms. The number of hydrogen-bond donors (Lipinski definition) is 1. The summed E-state index contributed by atoms with van der Waals surface area (Å²) in [5.41, 5.74) is 1.56. The number of nitrogens with one attached hydrogen (secondary N) is 1. The van der Waals surface area contributed by atoms with E-state index in [9.17, 15) is 18.1 Å². The van der Waals surface area contributed by atoms with Crippen LogP contribution in [0.15, 0.2) is 35.5 Å². The van der Waals surface area contributed by atoms with Crippen molar-refractivity contribution >= 4 is 20.9 Å². The Labute approximate surface area is 174 Å². The van der Waals surface area contributed by atoms with E-state index in [4.69, 9.17) is 0 Å². The first kappa shape index (κ1) is 20.4. The lowest BCUT2D eigenvalue weighted by atomic mass is 10.1. The third kappa shape index (κ3) is 3.57. The maximum Gasteiger partial charge on any atom is 0.243 e. The molecular formula is C21H22FN5O2S. The van der Waals surface area contributed by atoms with Crippen LogP contribution in [0.5, 0.6) is 0 Å². The van der Waals surface area contributed by atoms with E-state index in [0.717, 1.165) is 31.2 Å². The summed E-state index contributed by atoms with van der Waals surface area (Å²) in [6, 6.07) is 6.49. The van der Waals surface area contributed by atoms with Crippen LogP contribution in [0, 0.1) is 17.1 Å². The number of sulfonamides is 1. The van der Waals surface area contributed by atoms with Crippen molar-refractivity contribution < 1.29 is 12.8 Å². The first-order valence-electron chi connectivity index (χ1n) is 9.90. The summed E-state index contributed by atoms with van der Waals surface area (Å²) in [4.78, 5) is 8.52. The van der Waals surface area contributed by atoms with Gasteiger partial charge < -0.3 is 4.57 Å². The molecule has 0 spiro atoms. The summed E-state index contributed by atoms with van der Waals surface area (Å²) in [6.45, 7) is 3.45. The number of rotatable bonds is 5. The summed E-state index contributed by atoms with van der Waals surface area (Å²) >= 11 is 0. The molecule has 30 heavy (non-hydrogen) atoms. The van der Waals surface area contributed by atoms with E-state index < -0.39 is 15.8 Å². The molecule has 4 rings (SSSR count). The van der Waals surface area contributed by atoms with Crippen molar-refractivity contribution in [3.8, 4) is 17.6 Å². The molecule has 1 aliphatic rings. The van der Waals surface area contributed by atoms with Crippen LogP contribution in [-0.4, -0.2) is 29.0 Å². The predicted octanol–water partition coefficient (Wildman–Crippen LogP) is 3.91.